The van der Waals surface area contributed by atoms with E-state index < -0.39 is 0 Å². The number of hydrogen-bond acceptors (Lipinski definition) is 6. The largest absolute Gasteiger partial charge is 0.459 e. The van der Waals surface area contributed by atoms with Crippen LogP contribution in [0.25, 0.3) is 6.08 Å². The molecule has 1 aliphatic rings. The monoisotopic (exact) mass is 341 g/mol. The van der Waals surface area contributed by atoms with Gasteiger partial charge in [-0.05, 0) is 24.6 Å². The molecule has 0 aliphatic carbocycles. The second-order valence-corrected chi connectivity index (χ2v) is 5.66. The minimum atomic E-state index is -0.145. The fraction of sp³-hybridized carbons (Fsp3) is 0.294. The van der Waals surface area contributed by atoms with E-state index in [1.165, 1.54) is 12.3 Å². The lowest BCUT2D eigenvalue weighted by atomic mass is 10.3. The number of aromatic nitrogens is 2. The smallest absolute Gasteiger partial charge is 0.289 e. The Kier molecular flexibility index (Phi) is 5.08. The van der Waals surface area contributed by atoms with Crippen molar-refractivity contribution in [1.29, 1.82) is 0 Å². The topological polar surface area (TPSA) is 106 Å². The number of carbonyl (C=O) groups excluding carboxylic acids is 2. The highest BCUT2D eigenvalue weighted by Gasteiger charge is 2.23. The van der Waals surface area contributed by atoms with E-state index in [4.69, 9.17) is 10.2 Å². The molecule has 1 fully saturated rings. The maximum atomic E-state index is 12.3. The SMILES string of the molecule is Nc1ncc(/C=C/C(=O)N2CCCN(C(=O)c3ccco3)CC2)cn1. The summed E-state index contributed by atoms with van der Waals surface area (Å²) in [4.78, 5) is 35.9. The third-order valence-electron chi connectivity index (χ3n) is 3.94. The molecule has 8 nitrogen and oxygen atoms in total. The van der Waals surface area contributed by atoms with Gasteiger partial charge in [-0.3, -0.25) is 9.59 Å². The average Bonchev–Trinajstić information content (AvgIpc) is 3.05. The van der Waals surface area contributed by atoms with E-state index in [2.05, 4.69) is 9.97 Å². The first-order chi connectivity index (χ1) is 12.1. The van der Waals surface area contributed by atoms with Crippen LogP contribution < -0.4 is 5.73 Å². The van der Waals surface area contributed by atoms with Crippen LogP contribution in [0.2, 0.25) is 0 Å². The van der Waals surface area contributed by atoms with E-state index in [0.717, 1.165) is 6.42 Å². The quantitative estimate of drug-likeness (QED) is 0.836. The average molecular weight is 341 g/mol. The highest BCUT2D eigenvalue weighted by atomic mass is 16.3. The number of amides is 2. The van der Waals surface area contributed by atoms with E-state index in [0.29, 0.717) is 37.5 Å². The molecule has 2 aromatic rings. The number of carbonyl (C=O) groups is 2. The van der Waals surface area contributed by atoms with Gasteiger partial charge in [0.1, 0.15) is 0 Å². The molecule has 1 saturated heterocycles. The lowest BCUT2D eigenvalue weighted by molar-refractivity contribution is -0.125. The molecule has 2 N–H and O–H groups in total. The molecule has 8 heteroatoms. The molecular weight excluding hydrogens is 322 g/mol. The first-order valence-corrected chi connectivity index (χ1v) is 8.01. The van der Waals surface area contributed by atoms with Crippen LogP contribution in [0.15, 0.2) is 41.3 Å². The summed E-state index contributed by atoms with van der Waals surface area (Å²) in [5, 5.41) is 0. The Bertz CT molecular complexity index is 755. The summed E-state index contributed by atoms with van der Waals surface area (Å²) < 4.78 is 5.16. The van der Waals surface area contributed by atoms with Gasteiger partial charge < -0.3 is 20.0 Å². The van der Waals surface area contributed by atoms with Gasteiger partial charge in [0.2, 0.25) is 11.9 Å². The third-order valence-corrected chi connectivity index (χ3v) is 3.94. The van der Waals surface area contributed by atoms with Crippen molar-refractivity contribution in [3.63, 3.8) is 0 Å². The highest BCUT2D eigenvalue weighted by Crippen LogP contribution is 2.10. The van der Waals surface area contributed by atoms with Crippen molar-refractivity contribution in [2.75, 3.05) is 31.9 Å². The zero-order chi connectivity index (χ0) is 17.6. The molecule has 3 rings (SSSR count). The Labute approximate surface area is 144 Å². The molecule has 0 spiro atoms. The Balaban J connectivity index is 1.58. The van der Waals surface area contributed by atoms with Crippen molar-refractivity contribution in [3.8, 4) is 0 Å². The van der Waals surface area contributed by atoms with Crippen LogP contribution >= 0.6 is 0 Å². The number of nitrogen functional groups attached to an aromatic ring is 1. The third kappa shape index (κ3) is 4.23. The van der Waals surface area contributed by atoms with Crippen molar-refractivity contribution in [3.05, 3.63) is 48.2 Å². The molecule has 0 unspecified atom stereocenters. The number of anilines is 1. The van der Waals surface area contributed by atoms with Gasteiger partial charge in [-0.2, -0.15) is 0 Å². The molecule has 25 heavy (non-hydrogen) atoms. The highest BCUT2D eigenvalue weighted by molar-refractivity contribution is 5.92. The molecular formula is C17H19N5O3. The van der Waals surface area contributed by atoms with E-state index in [9.17, 15) is 9.59 Å². The molecule has 2 amide bonds. The van der Waals surface area contributed by atoms with Gasteiger partial charge in [0, 0.05) is 50.2 Å². The zero-order valence-electron chi connectivity index (χ0n) is 13.7. The van der Waals surface area contributed by atoms with Crippen molar-refractivity contribution < 1.29 is 14.0 Å². The molecule has 0 radical (unpaired) electrons. The van der Waals surface area contributed by atoms with Crippen LogP contribution in [-0.4, -0.2) is 57.8 Å². The minimum absolute atomic E-state index is 0.107. The molecule has 130 valence electrons. The van der Waals surface area contributed by atoms with Crippen LogP contribution in [0.5, 0.6) is 0 Å². The van der Waals surface area contributed by atoms with E-state index >= 15 is 0 Å². The fourth-order valence-electron chi connectivity index (χ4n) is 2.60. The second kappa shape index (κ2) is 7.61. The molecule has 3 heterocycles. The summed E-state index contributed by atoms with van der Waals surface area (Å²) in [5.74, 6) is 0.262. The molecule has 2 aromatic heterocycles. The Morgan fingerprint density at radius 3 is 2.56 bits per heavy atom. The van der Waals surface area contributed by atoms with Crippen molar-refractivity contribution in [1.82, 2.24) is 19.8 Å². The van der Waals surface area contributed by atoms with Crippen LogP contribution in [0.3, 0.4) is 0 Å². The van der Waals surface area contributed by atoms with Gasteiger partial charge in [-0.1, -0.05) is 0 Å². The van der Waals surface area contributed by atoms with Crippen LogP contribution in [0, 0.1) is 0 Å². The maximum Gasteiger partial charge on any atom is 0.289 e. The molecule has 0 aromatic carbocycles. The van der Waals surface area contributed by atoms with Crippen LogP contribution in [-0.2, 0) is 4.79 Å². The van der Waals surface area contributed by atoms with E-state index in [1.807, 2.05) is 0 Å². The molecule has 1 aliphatic heterocycles. The van der Waals surface area contributed by atoms with Gasteiger partial charge >= 0.3 is 0 Å². The Morgan fingerprint density at radius 1 is 1.12 bits per heavy atom. The number of hydrogen-bond donors (Lipinski definition) is 1. The summed E-state index contributed by atoms with van der Waals surface area (Å²) >= 11 is 0. The minimum Gasteiger partial charge on any atom is -0.459 e. The summed E-state index contributed by atoms with van der Waals surface area (Å²) in [5.41, 5.74) is 6.13. The second-order valence-electron chi connectivity index (χ2n) is 5.66. The first-order valence-electron chi connectivity index (χ1n) is 8.01. The number of nitrogens with zero attached hydrogens (tertiary/aromatic N) is 4. The Morgan fingerprint density at radius 2 is 1.84 bits per heavy atom. The lowest BCUT2D eigenvalue weighted by Gasteiger charge is -2.20. The zero-order valence-corrected chi connectivity index (χ0v) is 13.7. The number of rotatable bonds is 3. The van der Waals surface area contributed by atoms with Crippen LogP contribution in [0.1, 0.15) is 22.5 Å². The van der Waals surface area contributed by atoms with Gasteiger partial charge in [-0.25, -0.2) is 9.97 Å². The molecule has 0 bridgehead atoms. The van der Waals surface area contributed by atoms with Crippen molar-refractivity contribution in [2.45, 2.75) is 6.42 Å². The predicted octanol–water partition coefficient (Wildman–Crippen LogP) is 1.04. The van der Waals surface area contributed by atoms with Crippen molar-refractivity contribution >= 4 is 23.8 Å². The van der Waals surface area contributed by atoms with Crippen LogP contribution in [0.4, 0.5) is 5.95 Å². The number of furan rings is 1. The molecule has 0 atom stereocenters. The normalized spacial score (nSPS) is 15.4. The van der Waals surface area contributed by atoms with Gasteiger partial charge in [0.15, 0.2) is 5.76 Å². The summed E-state index contributed by atoms with van der Waals surface area (Å²) in [6, 6.07) is 3.33. The van der Waals surface area contributed by atoms with Gasteiger partial charge in [-0.15, -0.1) is 0 Å². The Hall–Kier alpha value is -3.16. The van der Waals surface area contributed by atoms with Crippen molar-refractivity contribution in [2.24, 2.45) is 0 Å². The van der Waals surface area contributed by atoms with Gasteiger partial charge in [0.05, 0.1) is 6.26 Å². The maximum absolute atomic E-state index is 12.3. The lowest BCUT2D eigenvalue weighted by Crippen LogP contribution is -2.36. The predicted molar refractivity (Wildman–Crippen MR) is 91.3 cm³/mol. The first kappa shape index (κ1) is 16.7. The van der Waals surface area contributed by atoms with Gasteiger partial charge in [0.25, 0.3) is 5.91 Å². The standard InChI is InChI=1S/C17H19N5O3/c18-17-19-11-13(12-20-17)4-5-15(23)21-6-2-7-22(9-8-21)16(24)14-3-1-10-25-14/h1,3-5,10-12H,2,6-9H2,(H2,18,19,20)/b5-4+. The molecule has 0 saturated carbocycles. The number of nitrogens with two attached hydrogens (primary N) is 1. The fourth-order valence-corrected chi connectivity index (χ4v) is 2.60. The van der Waals surface area contributed by atoms with E-state index in [1.54, 1.807) is 40.4 Å². The summed E-state index contributed by atoms with van der Waals surface area (Å²) in [6.07, 6.45) is 8.44. The summed E-state index contributed by atoms with van der Waals surface area (Å²) in [7, 11) is 0. The van der Waals surface area contributed by atoms with E-state index in [-0.39, 0.29) is 17.8 Å². The summed E-state index contributed by atoms with van der Waals surface area (Å²) in [6.45, 7) is 2.15.